The minimum Gasteiger partial charge on any atom is -0.316 e. The van der Waals surface area contributed by atoms with Crippen LogP contribution in [-0.2, 0) is 0 Å². The van der Waals surface area contributed by atoms with E-state index in [9.17, 15) is 0 Å². The molecule has 0 aliphatic rings. The van der Waals surface area contributed by atoms with E-state index in [4.69, 9.17) is 31.8 Å². The van der Waals surface area contributed by atoms with E-state index < -0.39 is 0 Å². The minimum absolute atomic E-state index is 1.03. The summed E-state index contributed by atoms with van der Waals surface area (Å²) in [7, 11) is 0. The monoisotopic (exact) mass is 513 g/mol. The number of benzene rings is 3. The van der Waals surface area contributed by atoms with Gasteiger partial charge in [-0.2, -0.15) is 0 Å². The van der Waals surface area contributed by atoms with Gasteiger partial charge in [-0.05, 0) is 35.1 Å². The molecule has 0 radical (unpaired) electrons. The van der Waals surface area contributed by atoms with Crippen molar-refractivity contribution in [2.45, 2.75) is 0 Å². The predicted octanol–water partition coefficient (Wildman–Crippen LogP) is 6.20. The van der Waals surface area contributed by atoms with Crippen molar-refractivity contribution in [2.24, 2.45) is 0 Å². The average Bonchev–Trinajstić information content (AvgIpc) is 3.62. The molecule has 36 heavy (non-hydrogen) atoms. The van der Waals surface area contributed by atoms with E-state index in [0.717, 1.165) is 16.0 Å². The van der Waals surface area contributed by atoms with Gasteiger partial charge < -0.3 is 13.2 Å². The van der Waals surface area contributed by atoms with Crippen LogP contribution in [0.25, 0.3) is 97.9 Å². The molecule has 6 heteroatoms. The van der Waals surface area contributed by atoms with Gasteiger partial charge in [0.1, 0.15) is 0 Å². The lowest BCUT2D eigenvalue weighted by Crippen LogP contribution is -2.20. The van der Waals surface area contributed by atoms with Crippen LogP contribution in [0.3, 0.4) is 0 Å². The van der Waals surface area contributed by atoms with Crippen LogP contribution < -0.4 is 16.0 Å². The van der Waals surface area contributed by atoms with E-state index in [1.807, 2.05) is 22.2 Å². The number of thiophene rings is 1. The number of pyridine rings is 3. The number of rotatable bonds is 0. The molecule has 7 heterocycles. The number of fused-ring (bicyclic) bond motifs is 3. The summed E-state index contributed by atoms with van der Waals surface area (Å²) >= 11 is 11.3. The smallest absolute Gasteiger partial charge is 0.0647 e. The Balaban J connectivity index is 1.85. The maximum Gasteiger partial charge on any atom is 0.0647 e. The first-order valence-electron chi connectivity index (χ1n) is 11.8. The highest BCUT2D eigenvalue weighted by Gasteiger charge is 2.28. The second kappa shape index (κ2) is 5.70. The Morgan fingerprint density at radius 3 is 2.31 bits per heavy atom. The lowest BCUT2D eigenvalue weighted by atomic mass is 9.86. The van der Waals surface area contributed by atoms with E-state index in [1.54, 1.807) is 0 Å². The summed E-state index contributed by atoms with van der Waals surface area (Å²) in [5.74, 6) is 0. The summed E-state index contributed by atoms with van der Waals surface area (Å²) in [5, 5.41) is 23.5. The maximum absolute atomic E-state index is 4.72. The molecule has 10 aromatic rings. The van der Waals surface area contributed by atoms with Gasteiger partial charge in [-0.3, -0.25) is 0 Å². The van der Waals surface area contributed by atoms with Crippen molar-refractivity contribution in [3.05, 3.63) is 70.3 Å². The first-order valence-corrected chi connectivity index (χ1v) is 13.7. The second-order valence-corrected chi connectivity index (χ2v) is 11.2. The molecule has 0 saturated heterocycles. The van der Waals surface area contributed by atoms with Crippen LogP contribution in [0.1, 0.15) is 0 Å². The third kappa shape index (κ3) is 1.67. The van der Waals surface area contributed by atoms with Crippen LogP contribution in [0.4, 0.5) is 0 Å². The number of nitrogens with zero attached hydrogens (tertiary/aromatic N) is 3. The van der Waals surface area contributed by atoms with Gasteiger partial charge in [0.25, 0.3) is 0 Å². The summed E-state index contributed by atoms with van der Waals surface area (Å²) in [6.07, 6.45) is 6.55. The topological polar surface area (TPSA) is 13.2 Å². The molecule has 3 aromatic carbocycles. The Morgan fingerprint density at radius 2 is 1.44 bits per heavy atom. The molecule has 0 aliphatic carbocycles. The van der Waals surface area contributed by atoms with Crippen molar-refractivity contribution >= 4 is 134 Å². The van der Waals surface area contributed by atoms with Crippen molar-refractivity contribution in [1.29, 1.82) is 0 Å². The lowest BCUT2D eigenvalue weighted by Gasteiger charge is -2.22. The van der Waals surface area contributed by atoms with Crippen LogP contribution in [-0.4, -0.2) is 13.2 Å². The molecule has 7 aromatic heterocycles. The van der Waals surface area contributed by atoms with Gasteiger partial charge in [0.2, 0.25) is 0 Å². The van der Waals surface area contributed by atoms with Crippen molar-refractivity contribution in [2.75, 3.05) is 0 Å². The van der Waals surface area contributed by atoms with Crippen molar-refractivity contribution in [3.63, 3.8) is 0 Å². The van der Waals surface area contributed by atoms with Crippen LogP contribution >= 0.6 is 36.6 Å². The molecule has 0 fully saturated rings. The van der Waals surface area contributed by atoms with E-state index >= 15 is 0 Å². The fourth-order valence-electron chi connectivity index (χ4n) is 7.28. The van der Waals surface area contributed by atoms with Crippen LogP contribution in [0.2, 0.25) is 0 Å². The van der Waals surface area contributed by atoms with Crippen LogP contribution in [0.5, 0.6) is 0 Å². The van der Waals surface area contributed by atoms with Gasteiger partial charge in [0.15, 0.2) is 0 Å². The van der Waals surface area contributed by atoms with Crippen molar-refractivity contribution in [3.8, 4) is 0 Å². The minimum atomic E-state index is 1.03. The summed E-state index contributed by atoms with van der Waals surface area (Å²) in [6, 6.07) is 11.2. The van der Waals surface area contributed by atoms with E-state index in [1.165, 1.54) is 80.5 Å². The Hall–Kier alpha value is -3.58. The van der Waals surface area contributed by atoms with Crippen molar-refractivity contribution < 1.29 is 0 Å². The van der Waals surface area contributed by atoms with Gasteiger partial charge in [-0.25, -0.2) is 0 Å². The molecular formula is C30H15N3S3. The normalized spacial score (nSPS) is 14.8. The Bertz CT molecular complexity index is 2730. The van der Waals surface area contributed by atoms with Crippen molar-refractivity contribution in [1.82, 2.24) is 13.2 Å². The fourth-order valence-corrected chi connectivity index (χ4v) is 8.88. The molecule has 0 atom stereocenters. The summed E-state index contributed by atoms with van der Waals surface area (Å²) < 4.78 is 8.26. The molecule has 0 saturated carbocycles. The Morgan fingerprint density at radius 1 is 0.694 bits per heavy atom. The number of hydrogen-bond acceptors (Lipinski definition) is 3. The largest absolute Gasteiger partial charge is 0.316 e. The highest BCUT2D eigenvalue weighted by Crippen LogP contribution is 2.50. The zero-order valence-electron chi connectivity index (χ0n) is 18.7. The molecule has 0 N–H and O–H groups in total. The maximum atomic E-state index is 4.72. The summed E-state index contributed by atoms with van der Waals surface area (Å²) in [4.78, 5) is 0. The zero-order valence-corrected chi connectivity index (χ0v) is 21.3. The third-order valence-electron chi connectivity index (χ3n) is 8.53. The SMILES string of the molecule is C=c1c2c3c4cccn1c1csc5c6ccn7/c(=C/S)c8cc9ccn(/c4=C/S)c9c3c8c(c2c51)c67. The van der Waals surface area contributed by atoms with Crippen LogP contribution in [0.15, 0.2) is 54.3 Å². The molecule has 0 unspecified atom stereocenters. The zero-order chi connectivity index (χ0) is 23.6. The summed E-state index contributed by atoms with van der Waals surface area (Å²) in [6.45, 7) is 4.69. The molecule has 10 rings (SSSR count). The molecule has 2 bridgehead atoms. The second-order valence-electron chi connectivity index (χ2n) is 9.84. The first-order chi connectivity index (χ1) is 17.7. The van der Waals surface area contributed by atoms with E-state index in [-0.39, 0.29) is 0 Å². The molecular weight excluding hydrogens is 499 g/mol. The number of hydrogen-bond donors (Lipinski definition) is 2. The molecule has 0 amide bonds. The van der Waals surface area contributed by atoms with E-state index in [0.29, 0.717) is 0 Å². The molecule has 0 aliphatic heterocycles. The van der Waals surface area contributed by atoms with Gasteiger partial charge >= 0.3 is 0 Å². The predicted molar refractivity (Wildman–Crippen MR) is 163 cm³/mol. The third-order valence-corrected chi connectivity index (χ3v) is 10.0. The Labute approximate surface area is 217 Å². The fraction of sp³-hybridized carbons (Fsp3) is 0. The van der Waals surface area contributed by atoms with Gasteiger partial charge in [-0.15, -0.1) is 36.6 Å². The van der Waals surface area contributed by atoms with Crippen LogP contribution in [0, 0.1) is 0 Å². The first kappa shape index (κ1) is 18.7. The quantitative estimate of drug-likeness (QED) is 0.136. The van der Waals surface area contributed by atoms with E-state index in [2.05, 4.69) is 67.5 Å². The number of aromatic nitrogens is 3. The number of thiol groups is 2. The molecule has 168 valence electrons. The highest BCUT2D eigenvalue weighted by atomic mass is 32.1. The average molecular weight is 514 g/mol. The Kier molecular flexibility index (Phi) is 2.95. The van der Waals surface area contributed by atoms with Gasteiger partial charge in [0, 0.05) is 93.3 Å². The highest BCUT2D eigenvalue weighted by molar-refractivity contribution is 7.88. The summed E-state index contributed by atoms with van der Waals surface area (Å²) in [5.41, 5.74) is 3.74. The van der Waals surface area contributed by atoms with Gasteiger partial charge in [-0.1, -0.05) is 12.6 Å². The molecule has 0 spiro atoms. The molecule has 3 nitrogen and oxygen atoms in total. The lowest BCUT2D eigenvalue weighted by molar-refractivity contribution is 1.15. The standard InChI is InChI=1S/C30H15N3S3/c1-13-21-22-15-3-2-6-31(13)20-12-36-30-16-5-8-33-19(11-35)17-9-14-4-7-32(18(15)10-34)28(14)26(22)23(17)27(29(16)33)25(21)24(20)30/h2-12,34-35H,1H2/b6-2?,15-3?,18-10+,19-11+. The van der Waals surface area contributed by atoms with Gasteiger partial charge in [0.05, 0.1) is 27.2 Å².